The number of halogens is 2. The Hall–Kier alpha value is -1.63. The van der Waals surface area contributed by atoms with E-state index in [0.29, 0.717) is 17.4 Å². The zero-order chi connectivity index (χ0) is 19.1. The summed E-state index contributed by atoms with van der Waals surface area (Å²) in [5.74, 6) is -0.234. The van der Waals surface area contributed by atoms with Gasteiger partial charge in [-0.05, 0) is 29.8 Å². The highest BCUT2D eigenvalue weighted by Gasteiger charge is 2.21. The van der Waals surface area contributed by atoms with Crippen LogP contribution in [0.25, 0.3) is 0 Å². The zero-order valence-electron chi connectivity index (χ0n) is 14.4. The van der Waals surface area contributed by atoms with Gasteiger partial charge in [-0.25, -0.2) is 0 Å². The van der Waals surface area contributed by atoms with Crippen molar-refractivity contribution in [1.29, 1.82) is 0 Å². The van der Waals surface area contributed by atoms with E-state index in [1.807, 2.05) is 36.4 Å². The fourth-order valence-electron chi connectivity index (χ4n) is 2.53. The fourth-order valence-corrected chi connectivity index (χ4v) is 3.90. The van der Waals surface area contributed by atoms with Crippen molar-refractivity contribution in [3.8, 4) is 0 Å². The third kappa shape index (κ3) is 6.27. The highest BCUT2D eigenvalue weighted by molar-refractivity contribution is 9.10. The second kappa shape index (κ2) is 9.90. The van der Waals surface area contributed by atoms with Crippen LogP contribution in [0.2, 0.25) is 4.34 Å². The van der Waals surface area contributed by atoms with Gasteiger partial charge in [0.15, 0.2) is 0 Å². The third-order valence-corrected chi connectivity index (χ3v) is 5.45. The molecule has 1 aromatic carbocycles. The number of benzene rings is 1. The van der Waals surface area contributed by atoms with Crippen LogP contribution in [0.1, 0.15) is 29.8 Å². The van der Waals surface area contributed by atoms with Crippen LogP contribution in [0.4, 0.5) is 0 Å². The molecule has 0 saturated carbocycles. The summed E-state index contributed by atoms with van der Waals surface area (Å²) in [5.41, 5.74) is 0.884. The normalized spacial score (nSPS) is 11.7. The number of nitrogens with one attached hydrogen (secondary N) is 1. The number of hydrogen-bond acceptors (Lipinski definition) is 3. The maximum atomic E-state index is 12.9. The lowest BCUT2D eigenvalue weighted by molar-refractivity contribution is -0.132. The highest BCUT2D eigenvalue weighted by atomic mass is 79.9. The Morgan fingerprint density at radius 2 is 2.00 bits per heavy atom. The molecule has 0 saturated heterocycles. The molecular formula is C19H20BrClN2O2S. The van der Waals surface area contributed by atoms with Gasteiger partial charge in [-0.2, -0.15) is 0 Å². The van der Waals surface area contributed by atoms with E-state index < -0.39 is 0 Å². The van der Waals surface area contributed by atoms with Gasteiger partial charge in [-0.3, -0.25) is 9.59 Å². The number of nitrogens with zero attached hydrogens (tertiary/aromatic N) is 1. The van der Waals surface area contributed by atoms with Crippen molar-refractivity contribution in [1.82, 2.24) is 10.2 Å². The van der Waals surface area contributed by atoms with Crippen LogP contribution in [-0.4, -0.2) is 23.3 Å². The van der Waals surface area contributed by atoms with E-state index in [1.165, 1.54) is 18.3 Å². The van der Waals surface area contributed by atoms with Gasteiger partial charge in [0.1, 0.15) is 0 Å². The Morgan fingerprint density at radius 3 is 2.54 bits per heavy atom. The third-order valence-electron chi connectivity index (χ3n) is 3.71. The molecule has 0 bridgehead atoms. The lowest BCUT2D eigenvalue weighted by atomic mass is 10.0. The summed E-state index contributed by atoms with van der Waals surface area (Å²) in [4.78, 5) is 27.2. The number of thiophene rings is 1. The molecule has 1 atom stereocenters. The molecule has 1 aromatic heterocycles. The first kappa shape index (κ1) is 20.7. The molecule has 26 heavy (non-hydrogen) atoms. The van der Waals surface area contributed by atoms with E-state index in [0.717, 1.165) is 14.9 Å². The maximum Gasteiger partial charge on any atom is 0.225 e. The molecule has 1 N–H and O–H groups in total. The smallest absolute Gasteiger partial charge is 0.225 e. The first-order valence-electron chi connectivity index (χ1n) is 8.04. The predicted molar refractivity (Wildman–Crippen MR) is 110 cm³/mol. The molecule has 1 unspecified atom stereocenters. The van der Waals surface area contributed by atoms with E-state index in [2.05, 4.69) is 27.8 Å². The molecule has 0 aliphatic carbocycles. The van der Waals surface area contributed by atoms with Crippen LogP contribution in [-0.2, 0) is 16.1 Å². The quantitative estimate of drug-likeness (QED) is 0.573. The number of carbonyl (C=O) groups excluding carboxylic acids is 2. The lowest BCUT2D eigenvalue weighted by Crippen LogP contribution is -2.35. The fraction of sp³-hybridized carbons (Fsp3) is 0.263. The average molecular weight is 456 g/mol. The molecule has 0 fully saturated rings. The lowest BCUT2D eigenvalue weighted by Gasteiger charge is -2.24. The Bertz CT molecular complexity index is 776. The van der Waals surface area contributed by atoms with Crippen LogP contribution >= 0.6 is 38.9 Å². The SMILES string of the molecule is C=CCN(Cc1ccc(Cl)s1)C(=O)CC(NC(C)=O)c1ccc(Br)cc1. The number of amides is 2. The summed E-state index contributed by atoms with van der Waals surface area (Å²) < 4.78 is 1.63. The van der Waals surface area contributed by atoms with Crippen LogP contribution in [0, 0.1) is 0 Å². The zero-order valence-corrected chi connectivity index (χ0v) is 17.5. The summed E-state index contributed by atoms with van der Waals surface area (Å²) in [6.45, 7) is 6.08. The largest absolute Gasteiger partial charge is 0.349 e. The topological polar surface area (TPSA) is 49.4 Å². The highest BCUT2D eigenvalue weighted by Crippen LogP contribution is 2.25. The van der Waals surface area contributed by atoms with Gasteiger partial charge in [0.25, 0.3) is 0 Å². The van der Waals surface area contributed by atoms with Gasteiger partial charge < -0.3 is 10.2 Å². The van der Waals surface area contributed by atoms with Crippen molar-refractivity contribution in [2.45, 2.75) is 25.9 Å². The van der Waals surface area contributed by atoms with Crippen LogP contribution in [0.3, 0.4) is 0 Å². The first-order valence-corrected chi connectivity index (χ1v) is 10.0. The first-order chi connectivity index (χ1) is 12.4. The van der Waals surface area contributed by atoms with Crippen molar-refractivity contribution in [2.24, 2.45) is 0 Å². The minimum atomic E-state index is -0.382. The van der Waals surface area contributed by atoms with E-state index in [-0.39, 0.29) is 24.3 Å². The van der Waals surface area contributed by atoms with Gasteiger partial charge in [0, 0.05) is 22.8 Å². The van der Waals surface area contributed by atoms with Gasteiger partial charge in [0.2, 0.25) is 11.8 Å². The minimum Gasteiger partial charge on any atom is -0.349 e. The Labute approximate surface area is 171 Å². The summed E-state index contributed by atoms with van der Waals surface area (Å²) in [6, 6.07) is 10.9. The predicted octanol–water partition coefficient (Wildman–Crippen LogP) is 4.95. The molecule has 0 aliphatic heterocycles. The van der Waals surface area contributed by atoms with Crippen molar-refractivity contribution in [2.75, 3.05) is 6.54 Å². The molecule has 138 valence electrons. The van der Waals surface area contributed by atoms with Crippen LogP contribution in [0.5, 0.6) is 0 Å². The summed E-state index contributed by atoms with van der Waals surface area (Å²) in [5, 5.41) is 2.87. The summed E-state index contributed by atoms with van der Waals surface area (Å²) in [7, 11) is 0. The Balaban J connectivity index is 2.14. The second-order valence-electron chi connectivity index (χ2n) is 5.78. The van der Waals surface area contributed by atoms with Crippen molar-refractivity contribution in [3.05, 3.63) is 68.3 Å². The van der Waals surface area contributed by atoms with Gasteiger partial charge in [0.05, 0.1) is 23.3 Å². The second-order valence-corrected chi connectivity index (χ2v) is 8.49. The van der Waals surface area contributed by atoms with Crippen molar-refractivity contribution in [3.63, 3.8) is 0 Å². The molecule has 0 aliphatic rings. The summed E-state index contributed by atoms with van der Waals surface area (Å²) >= 11 is 10.8. The Kier molecular flexibility index (Phi) is 7.87. The molecular weight excluding hydrogens is 436 g/mol. The van der Waals surface area contributed by atoms with Gasteiger partial charge in [-0.1, -0.05) is 45.7 Å². The van der Waals surface area contributed by atoms with E-state index in [4.69, 9.17) is 11.6 Å². The van der Waals surface area contributed by atoms with Gasteiger partial charge in [-0.15, -0.1) is 17.9 Å². The van der Waals surface area contributed by atoms with Gasteiger partial charge >= 0.3 is 0 Å². The molecule has 1 heterocycles. The molecule has 0 radical (unpaired) electrons. The molecule has 0 spiro atoms. The number of hydrogen-bond donors (Lipinski definition) is 1. The van der Waals surface area contributed by atoms with Crippen molar-refractivity contribution >= 4 is 50.7 Å². The maximum absolute atomic E-state index is 12.9. The standard InChI is InChI=1S/C19H20BrClN2O2S/c1-3-10-23(12-16-8-9-18(21)26-16)19(25)11-17(22-13(2)24)14-4-6-15(20)7-5-14/h3-9,17H,1,10-12H2,2H3,(H,22,24). The van der Waals surface area contributed by atoms with E-state index in [9.17, 15) is 9.59 Å². The van der Waals surface area contributed by atoms with E-state index >= 15 is 0 Å². The van der Waals surface area contributed by atoms with Crippen LogP contribution in [0.15, 0.2) is 53.5 Å². The molecule has 2 aromatic rings. The van der Waals surface area contributed by atoms with Crippen molar-refractivity contribution < 1.29 is 9.59 Å². The number of rotatable bonds is 8. The Morgan fingerprint density at radius 1 is 1.31 bits per heavy atom. The molecule has 2 amide bonds. The van der Waals surface area contributed by atoms with E-state index in [1.54, 1.807) is 11.0 Å². The minimum absolute atomic E-state index is 0.0592. The monoisotopic (exact) mass is 454 g/mol. The molecule has 7 heteroatoms. The molecule has 4 nitrogen and oxygen atoms in total. The summed E-state index contributed by atoms with van der Waals surface area (Å²) in [6.07, 6.45) is 1.87. The van der Waals surface area contributed by atoms with Crippen LogP contribution < -0.4 is 5.32 Å². The molecule has 2 rings (SSSR count). The number of carbonyl (C=O) groups is 2. The average Bonchev–Trinajstić information content (AvgIpc) is 2.99.